The second-order valence-electron chi connectivity index (χ2n) is 6.78. The Hall–Kier alpha value is -3.61. The molecule has 0 aliphatic heterocycles. The van der Waals surface area contributed by atoms with Crippen LogP contribution in [0.1, 0.15) is 33.8 Å². The Morgan fingerprint density at radius 3 is 2.60 bits per heavy atom. The van der Waals surface area contributed by atoms with Gasteiger partial charge in [-0.05, 0) is 43.2 Å². The van der Waals surface area contributed by atoms with Gasteiger partial charge in [0.25, 0.3) is 5.91 Å². The van der Waals surface area contributed by atoms with Crippen molar-refractivity contribution in [3.8, 4) is 17.2 Å². The normalized spacial score (nSPS) is 10.6. The standard InChI is InChI=1S/C23H24N2O5/c1-15-20(25-23(30-15)17-6-4-3-5-7-17)12-13-29-18-10-8-16(9-11-21(26)27)19(14-18)22(28)24-2/h3-8,10,14H,9,11-13H2,1-2H3,(H,24,28)(H,26,27). The summed E-state index contributed by atoms with van der Waals surface area (Å²) in [7, 11) is 1.54. The number of amides is 1. The summed E-state index contributed by atoms with van der Waals surface area (Å²) in [5.74, 6) is 0.675. The van der Waals surface area contributed by atoms with Crippen molar-refractivity contribution in [2.24, 2.45) is 0 Å². The van der Waals surface area contributed by atoms with Crippen molar-refractivity contribution in [1.29, 1.82) is 0 Å². The number of nitrogens with one attached hydrogen (secondary N) is 1. The molecule has 30 heavy (non-hydrogen) atoms. The Morgan fingerprint density at radius 1 is 1.13 bits per heavy atom. The van der Waals surface area contributed by atoms with Crippen LogP contribution in [0.25, 0.3) is 11.5 Å². The van der Waals surface area contributed by atoms with E-state index in [4.69, 9.17) is 14.3 Å². The number of benzene rings is 2. The highest BCUT2D eigenvalue weighted by atomic mass is 16.5. The highest BCUT2D eigenvalue weighted by Gasteiger charge is 2.14. The lowest BCUT2D eigenvalue weighted by Crippen LogP contribution is -2.20. The Morgan fingerprint density at radius 2 is 1.90 bits per heavy atom. The number of rotatable bonds is 9. The van der Waals surface area contributed by atoms with Crippen molar-refractivity contribution in [3.63, 3.8) is 0 Å². The van der Waals surface area contributed by atoms with Crippen LogP contribution in [0.15, 0.2) is 52.9 Å². The van der Waals surface area contributed by atoms with Gasteiger partial charge in [-0.25, -0.2) is 4.98 Å². The number of ether oxygens (including phenoxy) is 1. The SMILES string of the molecule is CNC(=O)c1cc(OCCc2nc(-c3ccccc3)oc2C)ccc1CCC(=O)O. The lowest BCUT2D eigenvalue weighted by molar-refractivity contribution is -0.136. The molecule has 0 spiro atoms. The fourth-order valence-corrected chi connectivity index (χ4v) is 3.08. The van der Waals surface area contributed by atoms with Crippen molar-refractivity contribution < 1.29 is 23.8 Å². The van der Waals surface area contributed by atoms with Gasteiger partial charge >= 0.3 is 5.97 Å². The van der Waals surface area contributed by atoms with Crippen molar-refractivity contribution in [3.05, 3.63) is 71.1 Å². The van der Waals surface area contributed by atoms with Crippen LogP contribution in [-0.2, 0) is 17.6 Å². The molecule has 0 bridgehead atoms. The first kappa shape index (κ1) is 21.1. The fraction of sp³-hybridized carbons (Fsp3) is 0.261. The molecule has 1 aromatic heterocycles. The summed E-state index contributed by atoms with van der Waals surface area (Å²) in [6, 6.07) is 14.8. The van der Waals surface area contributed by atoms with Gasteiger partial charge in [-0.15, -0.1) is 0 Å². The average molecular weight is 408 g/mol. The zero-order valence-electron chi connectivity index (χ0n) is 17.0. The quantitative estimate of drug-likeness (QED) is 0.560. The largest absolute Gasteiger partial charge is 0.493 e. The van der Waals surface area contributed by atoms with Crippen LogP contribution >= 0.6 is 0 Å². The van der Waals surface area contributed by atoms with E-state index in [2.05, 4.69) is 10.3 Å². The van der Waals surface area contributed by atoms with Crippen LogP contribution in [-0.4, -0.2) is 35.6 Å². The molecule has 156 valence electrons. The van der Waals surface area contributed by atoms with Gasteiger partial charge in [0.2, 0.25) is 5.89 Å². The molecule has 0 fully saturated rings. The number of hydrogen-bond donors (Lipinski definition) is 2. The first-order chi connectivity index (χ1) is 14.5. The Kier molecular flexibility index (Phi) is 6.85. The molecule has 7 heteroatoms. The molecule has 0 saturated carbocycles. The van der Waals surface area contributed by atoms with Crippen molar-refractivity contribution >= 4 is 11.9 Å². The second kappa shape index (κ2) is 9.73. The summed E-state index contributed by atoms with van der Waals surface area (Å²) in [5.41, 5.74) is 2.82. The zero-order chi connectivity index (χ0) is 21.5. The van der Waals surface area contributed by atoms with Crippen LogP contribution in [0, 0.1) is 6.92 Å². The molecule has 2 N–H and O–H groups in total. The molecular weight excluding hydrogens is 384 g/mol. The average Bonchev–Trinajstić information content (AvgIpc) is 3.13. The van der Waals surface area contributed by atoms with E-state index in [1.165, 1.54) is 7.05 Å². The lowest BCUT2D eigenvalue weighted by atomic mass is 10.0. The maximum absolute atomic E-state index is 12.2. The van der Waals surface area contributed by atoms with Gasteiger partial charge in [0.05, 0.1) is 12.3 Å². The maximum atomic E-state index is 12.2. The first-order valence-electron chi connectivity index (χ1n) is 9.69. The van der Waals surface area contributed by atoms with Gasteiger partial charge < -0.3 is 19.6 Å². The second-order valence-corrected chi connectivity index (χ2v) is 6.78. The lowest BCUT2D eigenvalue weighted by Gasteiger charge is -2.11. The highest BCUT2D eigenvalue weighted by Crippen LogP contribution is 2.23. The minimum atomic E-state index is -0.906. The summed E-state index contributed by atoms with van der Waals surface area (Å²) in [4.78, 5) is 27.6. The molecule has 1 amide bonds. The number of aryl methyl sites for hydroxylation is 2. The topological polar surface area (TPSA) is 102 Å². The van der Waals surface area contributed by atoms with E-state index >= 15 is 0 Å². The van der Waals surface area contributed by atoms with Gasteiger partial charge in [-0.3, -0.25) is 9.59 Å². The minimum absolute atomic E-state index is 0.0423. The number of aromatic nitrogens is 1. The summed E-state index contributed by atoms with van der Waals surface area (Å²) in [6.07, 6.45) is 0.788. The van der Waals surface area contributed by atoms with Crippen LogP contribution in [0.3, 0.4) is 0 Å². The van der Waals surface area contributed by atoms with Gasteiger partial charge in [0.15, 0.2) is 0 Å². The predicted octanol–water partition coefficient (Wildman–Crippen LogP) is 3.65. The Balaban J connectivity index is 1.66. The van der Waals surface area contributed by atoms with Gasteiger partial charge in [0.1, 0.15) is 11.5 Å². The number of hydrogen-bond acceptors (Lipinski definition) is 5. The molecular formula is C23H24N2O5. The molecule has 0 radical (unpaired) electrons. The third kappa shape index (κ3) is 5.26. The Bertz CT molecular complexity index is 1030. The third-order valence-electron chi connectivity index (χ3n) is 4.68. The molecule has 0 aliphatic carbocycles. The number of carboxylic acids is 1. The molecule has 2 aromatic carbocycles. The van der Waals surface area contributed by atoms with E-state index in [-0.39, 0.29) is 18.7 Å². The van der Waals surface area contributed by atoms with E-state index in [0.29, 0.717) is 35.8 Å². The molecule has 3 aromatic rings. The molecule has 0 unspecified atom stereocenters. The zero-order valence-corrected chi connectivity index (χ0v) is 17.0. The first-order valence-corrected chi connectivity index (χ1v) is 9.69. The van der Waals surface area contributed by atoms with Crippen molar-refractivity contribution in [1.82, 2.24) is 10.3 Å². The number of oxazole rings is 1. The van der Waals surface area contributed by atoms with Crippen molar-refractivity contribution in [2.45, 2.75) is 26.2 Å². The molecule has 0 aliphatic rings. The number of carboxylic acid groups (broad SMARTS) is 1. The van der Waals surface area contributed by atoms with Gasteiger partial charge in [0, 0.05) is 31.0 Å². The van der Waals surface area contributed by atoms with Crippen LogP contribution in [0.4, 0.5) is 0 Å². The van der Waals surface area contributed by atoms with Crippen molar-refractivity contribution in [2.75, 3.05) is 13.7 Å². The Labute approximate surface area is 174 Å². The highest BCUT2D eigenvalue weighted by molar-refractivity contribution is 5.96. The monoisotopic (exact) mass is 408 g/mol. The number of carbonyl (C=O) groups excluding carboxylic acids is 1. The number of nitrogens with zero attached hydrogens (tertiary/aromatic N) is 1. The fourth-order valence-electron chi connectivity index (χ4n) is 3.08. The predicted molar refractivity (Wildman–Crippen MR) is 112 cm³/mol. The van der Waals surface area contributed by atoms with E-state index in [0.717, 1.165) is 17.0 Å². The molecule has 3 rings (SSSR count). The number of aliphatic carboxylic acids is 1. The van der Waals surface area contributed by atoms with Crippen LogP contribution in [0.5, 0.6) is 5.75 Å². The molecule has 7 nitrogen and oxygen atoms in total. The summed E-state index contributed by atoms with van der Waals surface area (Å²) >= 11 is 0. The molecule has 1 heterocycles. The third-order valence-corrected chi connectivity index (χ3v) is 4.68. The molecule has 0 atom stereocenters. The van der Waals surface area contributed by atoms with Gasteiger partial charge in [-0.1, -0.05) is 24.3 Å². The number of carbonyl (C=O) groups is 2. The smallest absolute Gasteiger partial charge is 0.303 e. The molecule has 0 saturated heterocycles. The maximum Gasteiger partial charge on any atom is 0.303 e. The van der Waals surface area contributed by atoms with E-state index in [1.54, 1.807) is 18.2 Å². The van der Waals surface area contributed by atoms with E-state index < -0.39 is 5.97 Å². The summed E-state index contributed by atoms with van der Waals surface area (Å²) in [5, 5.41) is 11.5. The summed E-state index contributed by atoms with van der Waals surface area (Å²) in [6.45, 7) is 2.24. The van der Waals surface area contributed by atoms with E-state index in [1.807, 2.05) is 37.3 Å². The van der Waals surface area contributed by atoms with E-state index in [9.17, 15) is 9.59 Å². The van der Waals surface area contributed by atoms with Crippen LogP contribution < -0.4 is 10.1 Å². The minimum Gasteiger partial charge on any atom is -0.493 e. The summed E-state index contributed by atoms with van der Waals surface area (Å²) < 4.78 is 11.6. The van der Waals surface area contributed by atoms with Crippen LogP contribution in [0.2, 0.25) is 0 Å². The van der Waals surface area contributed by atoms with Gasteiger partial charge in [-0.2, -0.15) is 0 Å².